The Morgan fingerprint density at radius 3 is 1.08 bits per heavy atom. The van der Waals surface area contributed by atoms with Crippen molar-refractivity contribution in [3.8, 4) is 0 Å². The summed E-state index contributed by atoms with van der Waals surface area (Å²) < 4.78 is 0. The van der Waals surface area contributed by atoms with Crippen LogP contribution in [-0.4, -0.2) is 67.4 Å². The predicted molar refractivity (Wildman–Crippen MR) is 39.2 cm³/mol. The summed E-state index contributed by atoms with van der Waals surface area (Å²) in [6.07, 6.45) is 0. The third-order valence-corrected chi connectivity index (χ3v) is 0. The summed E-state index contributed by atoms with van der Waals surface area (Å²) in [5, 5.41) is 37.1. The van der Waals surface area contributed by atoms with Gasteiger partial charge in [0.05, 0.1) is 10.2 Å². The molecule has 9 nitrogen and oxygen atoms in total. The van der Waals surface area contributed by atoms with Crippen LogP contribution in [0.15, 0.2) is 0 Å². The van der Waals surface area contributed by atoms with Crippen molar-refractivity contribution in [2.24, 2.45) is 0 Å². The summed E-state index contributed by atoms with van der Waals surface area (Å²) in [4.78, 5) is 16.5. The van der Waals surface area contributed by atoms with Gasteiger partial charge in [0.2, 0.25) is 0 Å². The Balaban J connectivity index is -0.0000000389. The number of nitrogens with zero attached hydrogens (tertiary/aromatic N) is 2. The Morgan fingerprint density at radius 1 is 1.08 bits per heavy atom. The molecular formula is C2H6N2O7Sr. The minimum absolute atomic E-state index is 0. The van der Waals surface area contributed by atoms with E-state index in [0.29, 0.717) is 0 Å². The molecule has 0 bridgehead atoms. The average molecular weight is 258 g/mol. The first-order chi connectivity index (χ1) is 4.88. The fourth-order valence-corrected chi connectivity index (χ4v) is 0. The van der Waals surface area contributed by atoms with Crippen LogP contribution in [-0.2, 0) is 0 Å². The van der Waals surface area contributed by atoms with Gasteiger partial charge in [-0.25, -0.2) is 0 Å². The molecule has 12 heavy (non-hydrogen) atoms. The molecule has 0 saturated heterocycles. The second kappa shape index (κ2) is 22.4. The van der Waals surface area contributed by atoms with E-state index in [1.54, 1.807) is 6.92 Å². The molecule has 0 atom stereocenters. The first-order valence-corrected chi connectivity index (χ1v) is 2.12. The molecule has 0 aliphatic rings. The van der Waals surface area contributed by atoms with Crippen molar-refractivity contribution in [3.05, 3.63) is 30.6 Å². The SMILES string of the molecule is CCO.O=[N+]([O-])[O-].O=[N+]([O-])[O-].[Sr+2]. The van der Waals surface area contributed by atoms with Crippen LogP contribution in [0, 0.1) is 30.6 Å². The summed E-state index contributed by atoms with van der Waals surface area (Å²) in [5.41, 5.74) is 0. The molecule has 0 aromatic heterocycles. The predicted octanol–water partition coefficient (Wildman–Crippen LogP) is -0.860. The largest absolute Gasteiger partial charge is 2.00 e. The molecule has 0 heterocycles. The fraction of sp³-hybridized carbons (Fsp3) is 1.00. The molecule has 0 saturated carbocycles. The monoisotopic (exact) mass is 258 g/mol. The van der Waals surface area contributed by atoms with Gasteiger partial charge in [-0.3, -0.25) is 0 Å². The van der Waals surface area contributed by atoms with Crippen LogP contribution >= 0.6 is 0 Å². The molecule has 0 radical (unpaired) electrons. The second-order valence-corrected chi connectivity index (χ2v) is 0.763. The molecule has 0 unspecified atom stereocenters. The van der Waals surface area contributed by atoms with E-state index in [4.69, 9.17) is 35.7 Å². The van der Waals surface area contributed by atoms with Gasteiger partial charge in [-0.05, 0) is 6.92 Å². The van der Waals surface area contributed by atoms with Crippen LogP contribution < -0.4 is 0 Å². The molecule has 0 aliphatic heterocycles. The molecule has 0 amide bonds. The van der Waals surface area contributed by atoms with Gasteiger partial charge in [-0.1, -0.05) is 0 Å². The summed E-state index contributed by atoms with van der Waals surface area (Å²) in [6.45, 7) is 1.93. The summed E-state index contributed by atoms with van der Waals surface area (Å²) in [7, 11) is 0. The van der Waals surface area contributed by atoms with Gasteiger partial charge in [0, 0.05) is 6.61 Å². The zero-order valence-corrected chi connectivity index (χ0v) is 9.68. The van der Waals surface area contributed by atoms with Crippen molar-refractivity contribution >= 4 is 45.5 Å². The molecular weight excluding hydrogens is 252 g/mol. The zero-order valence-electron chi connectivity index (χ0n) is 6.21. The standard InChI is InChI=1S/C2H6O.2NO3.Sr/c1-2-3;2*2-1(3)4;/h3H,2H2,1H3;;;/q;2*-1;+2. The number of hydrogen-bond donors (Lipinski definition) is 1. The van der Waals surface area contributed by atoms with Gasteiger partial charge in [0.1, 0.15) is 0 Å². The molecule has 1 N–H and O–H groups in total. The summed E-state index contributed by atoms with van der Waals surface area (Å²) >= 11 is 0. The Bertz CT molecular complexity index is 87.6. The number of aliphatic hydroxyl groups is 1. The van der Waals surface area contributed by atoms with E-state index in [2.05, 4.69) is 0 Å². The maximum atomic E-state index is 8.25. The van der Waals surface area contributed by atoms with Crippen molar-refractivity contribution < 1.29 is 15.3 Å². The molecule has 68 valence electrons. The van der Waals surface area contributed by atoms with E-state index < -0.39 is 10.2 Å². The van der Waals surface area contributed by atoms with Crippen molar-refractivity contribution in [3.63, 3.8) is 0 Å². The van der Waals surface area contributed by atoms with E-state index in [-0.39, 0.29) is 52.1 Å². The van der Waals surface area contributed by atoms with E-state index in [9.17, 15) is 0 Å². The normalized spacial score (nSPS) is 5.50. The number of aliphatic hydroxyl groups excluding tert-OH is 1. The number of rotatable bonds is 0. The van der Waals surface area contributed by atoms with Gasteiger partial charge < -0.3 is 35.7 Å². The summed E-state index contributed by atoms with van der Waals surface area (Å²) in [6, 6.07) is 0. The van der Waals surface area contributed by atoms with Crippen LogP contribution in [0.25, 0.3) is 0 Å². The maximum absolute atomic E-state index is 8.25. The third kappa shape index (κ3) is 30200. The van der Waals surface area contributed by atoms with Gasteiger partial charge in [-0.15, -0.1) is 0 Å². The van der Waals surface area contributed by atoms with E-state index >= 15 is 0 Å². The Morgan fingerprint density at radius 2 is 1.08 bits per heavy atom. The minimum Gasteiger partial charge on any atom is -0.397 e. The second-order valence-electron chi connectivity index (χ2n) is 0.763. The van der Waals surface area contributed by atoms with Crippen molar-refractivity contribution in [1.82, 2.24) is 0 Å². The smallest absolute Gasteiger partial charge is 0.397 e. The fourth-order valence-electron chi connectivity index (χ4n) is 0. The Labute approximate surface area is 104 Å². The van der Waals surface area contributed by atoms with Gasteiger partial charge in [0.25, 0.3) is 0 Å². The first-order valence-electron chi connectivity index (χ1n) is 2.12. The van der Waals surface area contributed by atoms with Gasteiger partial charge in [-0.2, -0.15) is 0 Å². The van der Waals surface area contributed by atoms with Crippen molar-refractivity contribution in [2.75, 3.05) is 6.61 Å². The first kappa shape index (κ1) is 22.6. The van der Waals surface area contributed by atoms with Gasteiger partial charge >= 0.3 is 45.5 Å². The average Bonchev–Trinajstić information content (AvgIpc) is 1.60. The van der Waals surface area contributed by atoms with Crippen LogP contribution in [0.2, 0.25) is 0 Å². The minimum atomic E-state index is -1.75. The van der Waals surface area contributed by atoms with Crippen LogP contribution in [0.4, 0.5) is 0 Å². The van der Waals surface area contributed by atoms with Crippen molar-refractivity contribution in [2.45, 2.75) is 6.92 Å². The van der Waals surface area contributed by atoms with Crippen LogP contribution in [0.5, 0.6) is 0 Å². The number of hydrogen-bond acceptors (Lipinski definition) is 7. The Hall–Kier alpha value is -0.159. The van der Waals surface area contributed by atoms with E-state index in [1.165, 1.54) is 0 Å². The molecule has 0 rings (SSSR count). The van der Waals surface area contributed by atoms with Crippen LogP contribution in [0.3, 0.4) is 0 Å². The third-order valence-electron chi connectivity index (χ3n) is 0. The van der Waals surface area contributed by atoms with E-state index in [0.717, 1.165) is 0 Å². The Kier molecular flexibility index (Phi) is 42.3. The van der Waals surface area contributed by atoms with Gasteiger partial charge in [0.15, 0.2) is 0 Å². The molecule has 0 aromatic rings. The topological polar surface area (TPSA) is 153 Å². The molecule has 0 fully saturated rings. The zero-order chi connectivity index (χ0) is 9.86. The molecule has 0 aliphatic carbocycles. The molecule has 0 spiro atoms. The quantitative estimate of drug-likeness (QED) is 0.336. The maximum Gasteiger partial charge on any atom is 2.00 e. The summed E-state index contributed by atoms with van der Waals surface area (Å²) in [5.74, 6) is 0. The molecule has 10 heteroatoms. The van der Waals surface area contributed by atoms with E-state index in [1.807, 2.05) is 0 Å². The van der Waals surface area contributed by atoms with Crippen molar-refractivity contribution in [1.29, 1.82) is 0 Å². The van der Waals surface area contributed by atoms with Crippen LogP contribution in [0.1, 0.15) is 6.92 Å². The molecule has 0 aromatic carbocycles.